The van der Waals surface area contributed by atoms with Gasteiger partial charge in [-0.05, 0) is 36.4 Å². The van der Waals surface area contributed by atoms with Crippen LogP contribution in [0.5, 0.6) is 0 Å². The van der Waals surface area contributed by atoms with Gasteiger partial charge in [-0.3, -0.25) is 14.9 Å². The van der Waals surface area contributed by atoms with Crippen molar-refractivity contribution in [3.05, 3.63) is 84.5 Å². The molecule has 9 heteroatoms. The van der Waals surface area contributed by atoms with Gasteiger partial charge in [-0.15, -0.1) is 0 Å². The van der Waals surface area contributed by atoms with Gasteiger partial charge in [0, 0.05) is 12.7 Å². The summed E-state index contributed by atoms with van der Waals surface area (Å²) in [5, 5.41) is 21.3. The Balaban J connectivity index is 2.04. The van der Waals surface area contributed by atoms with Gasteiger partial charge in [0.15, 0.2) is 0 Å². The van der Waals surface area contributed by atoms with Crippen LogP contribution in [-0.4, -0.2) is 17.0 Å². The summed E-state index contributed by atoms with van der Waals surface area (Å²) < 4.78 is 10.6. The highest BCUT2D eigenvalue weighted by Crippen LogP contribution is 2.30. The number of H-pyrrole nitrogens is 1. The lowest BCUT2D eigenvalue weighted by Crippen LogP contribution is -2.18. The van der Waals surface area contributed by atoms with Crippen molar-refractivity contribution in [1.29, 1.82) is 5.26 Å². The third-order valence-corrected chi connectivity index (χ3v) is 4.41. The zero-order valence-electron chi connectivity index (χ0n) is 15.1. The van der Waals surface area contributed by atoms with Crippen molar-refractivity contribution in [3.63, 3.8) is 0 Å². The Bertz CT molecular complexity index is 1200. The smallest absolute Gasteiger partial charge is 0.299 e. The van der Waals surface area contributed by atoms with Crippen LogP contribution in [0.2, 0.25) is 5.02 Å². The van der Waals surface area contributed by atoms with Crippen LogP contribution >= 0.6 is 11.6 Å². The fourth-order valence-corrected chi connectivity index (χ4v) is 3.04. The van der Waals surface area contributed by atoms with Gasteiger partial charge in [0.1, 0.15) is 28.8 Å². The summed E-state index contributed by atoms with van der Waals surface area (Å²) in [6.07, 6.45) is 2.82. The van der Waals surface area contributed by atoms with E-state index >= 15 is 0 Å². The number of ether oxygens (including phenoxy) is 1. The number of pyridine rings is 1. The van der Waals surface area contributed by atoms with E-state index in [0.29, 0.717) is 22.1 Å². The van der Waals surface area contributed by atoms with E-state index in [2.05, 4.69) is 4.98 Å². The van der Waals surface area contributed by atoms with Gasteiger partial charge < -0.3 is 14.1 Å². The second-order valence-corrected chi connectivity index (χ2v) is 6.29. The first kappa shape index (κ1) is 20.1. The molecule has 146 valence electrons. The van der Waals surface area contributed by atoms with Gasteiger partial charge in [0.05, 0.1) is 22.1 Å². The zero-order valence-corrected chi connectivity index (χ0v) is 15.9. The number of nitriles is 1. The molecule has 2 heterocycles. The molecule has 0 bridgehead atoms. The molecule has 0 saturated carbocycles. The fourth-order valence-electron chi connectivity index (χ4n) is 2.81. The molecule has 0 unspecified atom stereocenters. The quantitative estimate of drug-likeness (QED) is 0.474. The maximum atomic E-state index is 12.2. The molecule has 0 aliphatic heterocycles. The number of furan rings is 1. The van der Waals surface area contributed by atoms with Crippen molar-refractivity contribution in [2.24, 2.45) is 0 Å². The van der Waals surface area contributed by atoms with E-state index in [-0.39, 0.29) is 23.4 Å². The van der Waals surface area contributed by atoms with Crippen LogP contribution in [-0.2, 0) is 11.3 Å². The number of methoxy groups -OCH3 is 1. The predicted molar refractivity (Wildman–Crippen MR) is 107 cm³/mol. The van der Waals surface area contributed by atoms with Gasteiger partial charge in [-0.25, -0.2) is 0 Å². The first-order chi connectivity index (χ1) is 14.0. The van der Waals surface area contributed by atoms with Crippen molar-refractivity contribution in [1.82, 2.24) is 4.98 Å². The zero-order chi connectivity index (χ0) is 21.0. The first-order valence-corrected chi connectivity index (χ1v) is 8.69. The summed E-state index contributed by atoms with van der Waals surface area (Å²) in [5.41, 5.74) is -0.942. The number of aromatic amines is 1. The van der Waals surface area contributed by atoms with E-state index in [4.69, 9.17) is 20.8 Å². The monoisotopic (exact) mass is 411 g/mol. The molecule has 8 nitrogen and oxygen atoms in total. The number of nitrogens with zero attached hydrogens (tertiary/aromatic N) is 2. The molecular weight excluding hydrogens is 398 g/mol. The molecule has 29 heavy (non-hydrogen) atoms. The van der Waals surface area contributed by atoms with E-state index in [1.165, 1.54) is 19.3 Å². The SMILES string of the molecule is COCc1c([N+](=O)[O-])c(/C=C/c2ccc(-c3ccccc3Cl)o2)[nH]c(=O)c1C#N. The van der Waals surface area contributed by atoms with Gasteiger partial charge in [0.2, 0.25) is 0 Å². The molecule has 0 aliphatic carbocycles. The van der Waals surface area contributed by atoms with Gasteiger partial charge in [-0.1, -0.05) is 23.7 Å². The second-order valence-electron chi connectivity index (χ2n) is 5.89. The summed E-state index contributed by atoms with van der Waals surface area (Å²) >= 11 is 6.16. The molecule has 3 rings (SSSR count). The molecule has 3 aromatic rings. The van der Waals surface area contributed by atoms with E-state index in [1.54, 1.807) is 36.4 Å². The van der Waals surface area contributed by atoms with Crippen molar-refractivity contribution < 1.29 is 14.1 Å². The Hall–Kier alpha value is -3.67. The molecule has 0 radical (unpaired) electrons. The van der Waals surface area contributed by atoms with Gasteiger partial charge in [0.25, 0.3) is 11.2 Å². The largest absolute Gasteiger partial charge is 0.457 e. The molecular formula is C20H14ClN3O5. The second kappa shape index (κ2) is 8.56. The minimum atomic E-state index is -0.735. The maximum absolute atomic E-state index is 12.2. The molecule has 0 atom stereocenters. The maximum Gasteiger partial charge on any atom is 0.299 e. The van der Waals surface area contributed by atoms with E-state index in [9.17, 15) is 20.2 Å². The number of halogens is 1. The van der Waals surface area contributed by atoms with Crippen LogP contribution in [0.4, 0.5) is 5.69 Å². The fraction of sp³-hybridized carbons (Fsp3) is 0.100. The van der Waals surface area contributed by atoms with E-state index in [0.717, 1.165) is 0 Å². The Morgan fingerprint density at radius 3 is 2.72 bits per heavy atom. The number of nitro groups is 1. The summed E-state index contributed by atoms with van der Waals surface area (Å²) in [6.45, 7) is -0.249. The van der Waals surface area contributed by atoms with Crippen LogP contribution < -0.4 is 5.56 Å². The van der Waals surface area contributed by atoms with E-state index < -0.39 is 16.2 Å². The lowest BCUT2D eigenvalue weighted by Gasteiger charge is -2.06. The number of rotatable bonds is 6. The Morgan fingerprint density at radius 2 is 2.07 bits per heavy atom. The normalized spacial score (nSPS) is 10.9. The standard InChI is InChI=1S/C20H14ClN3O5/c1-28-11-15-14(10-22)20(25)23-17(19(15)24(26)27)8-6-12-7-9-18(29-12)13-4-2-3-5-16(13)21/h2-9H,11H2,1H3,(H,23,25)/b8-6+. The third kappa shape index (κ3) is 4.11. The van der Waals surface area contributed by atoms with Crippen molar-refractivity contribution in [2.75, 3.05) is 7.11 Å². The Morgan fingerprint density at radius 1 is 1.31 bits per heavy atom. The average Bonchev–Trinajstić information content (AvgIpc) is 3.15. The van der Waals surface area contributed by atoms with Crippen molar-refractivity contribution in [2.45, 2.75) is 6.61 Å². The van der Waals surface area contributed by atoms with Crippen LogP contribution in [0.1, 0.15) is 22.6 Å². The number of benzene rings is 1. The molecule has 1 N–H and O–H groups in total. The average molecular weight is 412 g/mol. The molecule has 0 saturated heterocycles. The van der Waals surface area contributed by atoms with Crippen LogP contribution in [0, 0.1) is 21.4 Å². The van der Waals surface area contributed by atoms with Crippen LogP contribution in [0.3, 0.4) is 0 Å². The molecule has 2 aromatic heterocycles. The molecule has 0 spiro atoms. The summed E-state index contributed by atoms with van der Waals surface area (Å²) in [5.74, 6) is 0.922. The molecule has 0 fully saturated rings. The molecule has 0 aliphatic rings. The minimum Gasteiger partial charge on any atom is -0.457 e. The first-order valence-electron chi connectivity index (χ1n) is 8.31. The number of nitrogens with one attached hydrogen (secondary N) is 1. The van der Waals surface area contributed by atoms with Crippen LogP contribution in [0.15, 0.2) is 45.6 Å². The lowest BCUT2D eigenvalue weighted by molar-refractivity contribution is -0.386. The lowest BCUT2D eigenvalue weighted by atomic mass is 10.1. The highest BCUT2D eigenvalue weighted by atomic mass is 35.5. The van der Waals surface area contributed by atoms with Gasteiger partial charge in [-0.2, -0.15) is 5.26 Å². The van der Waals surface area contributed by atoms with Crippen molar-refractivity contribution in [3.8, 4) is 17.4 Å². The molecule has 0 amide bonds. The minimum absolute atomic E-state index is 0.0678. The molecule has 1 aromatic carbocycles. The summed E-state index contributed by atoms with van der Waals surface area (Å²) in [6, 6.07) is 12.2. The van der Waals surface area contributed by atoms with E-state index in [1.807, 2.05) is 6.07 Å². The topological polar surface area (TPSA) is 122 Å². The third-order valence-electron chi connectivity index (χ3n) is 4.08. The van der Waals surface area contributed by atoms with Crippen LogP contribution in [0.25, 0.3) is 23.5 Å². The number of hydrogen-bond donors (Lipinski definition) is 1. The summed E-state index contributed by atoms with van der Waals surface area (Å²) in [7, 11) is 1.32. The highest BCUT2D eigenvalue weighted by molar-refractivity contribution is 6.33. The number of aromatic nitrogens is 1. The summed E-state index contributed by atoms with van der Waals surface area (Å²) in [4.78, 5) is 25.4. The van der Waals surface area contributed by atoms with Gasteiger partial charge >= 0.3 is 0 Å². The predicted octanol–water partition coefficient (Wildman–Crippen LogP) is 4.38. The van der Waals surface area contributed by atoms with Crippen molar-refractivity contribution >= 4 is 29.4 Å². The number of hydrogen-bond acceptors (Lipinski definition) is 6. The highest BCUT2D eigenvalue weighted by Gasteiger charge is 2.25. The Kier molecular flexibility index (Phi) is 5.93. The Labute approximate surface area is 169 Å².